The van der Waals surface area contributed by atoms with Crippen LogP contribution in [-0.2, 0) is 10.5 Å². The van der Waals surface area contributed by atoms with E-state index < -0.39 is 0 Å². The first-order valence-corrected chi connectivity index (χ1v) is 13.2. The molecule has 1 spiro atoms. The van der Waals surface area contributed by atoms with E-state index in [9.17, 15) is 0 Å². The molecule has 0 aromatic heterocycles. The summed E-state index contributed by atoms with van der Waals surface area (Å²) in [5.74, 6) is 4.75. The fourth-order valence-electron chi connectivity index (χ4n) is 6.12. The fourth-order valence-corrected chi connectivity index (χ4v) is 10.0. The SMILES string of the molecule is CCCC1CCC(C2Cc3cc4ccccc4c(F)c3C23SCCCS3)CC1. The summed E-state index contributed by atoms with van der Waals surface area (Å²) in [5, 5.41) is 1.90. The number of rotatable bonds is 3. The van der Waals surface area contributed by atoms with E-state index in [2.05, 4.69) is 42.6 Å². The van der Waals surface area contributed by atoms with Crippen molar-refractivity contribution < 1.29 is 4.39 Å². The average molecular weight is 415 g/mol. The van der Waals surface area contributed by atoms with E-state index in [1.807, 2.05) is 18.2 Å². The van der Waals surface area contributed by atoms with Crippen molar-refractivity contribution in [1.82, 2.24) is 0 Å². The molecule has 1 aliphatic heterocycles. The molecule has 3 aliphatic rings. The lowest BCUT2D eigenvalue weighted by molar-refractivity contribution is 0.193. The van der Waals surface area contributed by atoms with E-state index in [4.69, 9.17) is 0 Å². The molecule has 1 unspecified atom stereocenters. The first kappa shape index (κ1) is 19.3. The second kappa shape index (κ2) is 7.87. The van der Waals surface area contributed by atoms with Gasteiger partial charge >= 0.3 is 0 Å². The molecule has 2 fully saturated rings. The van der Waals surface area contributed by atoms with Crippen molar-refractivity contribution in [1.29, 1.82) is 0 Å². The summed E-state index contributed by atoms with van der Waals surface area (Å²) in [6, 6.07) is 10.4. The maximum Gasteiger partial charge on any atom is 0.136 e. The molecule has 0 N–H and O–H groups in total. The fraction of sp³-hybridized carbons (Fsp3) is 0.600. The Morgan fingerprint density at radius 1 is 1.07 bits per heavy atom. The molecular weight excluding hydrogens is 383 g/mol. The molecule has 2 aliphatic carbocycles. The van der Waals surface area contributed by atoms with Gasteiger partial charge in [-0.1, -0.05) is 62.9 Å². The van der Waals surface area contributed by atoms with Gasteiger partial charge in [0.15, 0.2) is 0 Å². The molecule has 2 aromatic rings. The monoisotopic (exact) mass is 414 g/mol. The third-order valence-electron chi connectivity index (χ3n) is 7.42. The van der Waals surface area contributed by atoms with Crippen LogP contribution in [0.4, 0.5) is 4.39 Å². The van der Waals surface area contributed by atoms with Crippen molar-refractivity contribution >= 4 is 34.3 Å². The molecule has 0 bridgehead atoms. The van der Waals surface area contributed by atoms with Gasteiger partial charge in [-0.2, -0.15) is 0 Å². The molecular formula is C25H31FS2. The van der Waals surface area contributed by atoms with E-state index >= 15 is 4.39 Å². The molecule has 0 radical (unpaired) electrons. The van der Waals surface area contributed by atoms with Crippen LogP contribution < -0.4 is 0 Å². The quantitative estimate of drug-likeness (QED) is 0.503. The number of halogens is 1. The molecule has 1 saturated heterocycles. The maximum atomic E-state index is 15.9. The summed E-state index contributed by atoms with van der Waals surface area (Å²) in [6.07, 6.45) is 10.5. The predicted molar refractivity (Wildman–Crippen MR) is 123 cm³/mol. The number of benzene rings is 2. The highest BCUT2D eigenvalue weighted by molar-refractivity contribution is 8.18. The minimum Gasteiger partial charge on any atom is -0.206 e. The zero-order valence-corrected chi connectivity index (χ0v) is 18.5. The summed E-state index contributed by atoms with van der Waals surface area (Å²) in [5.41, 5.74) is 2.38. The van der Waals surface area contributed by atoms with Gasteiger partial charge in [-0.3, -0.25) is 0 Å². The van der Waals surface area contributed by atoms with Crippen molar-refractivity contribution in [2.24, 2.45) is 17.8 Å². The lowest BCUT2D eigenvalue weighted by Crippen LogP contribution is -2.35. The summed E-state index contributed by atoms with van der Waals surface area (Å²) < 4.78 is 15.8. The van der Waals surface area contributed by atoms with Crippen LogP contribution in [0.2, 0.25) is 0 Å². The zero-order valence-electron chi connectivity index (χ0n) is 16.9. The Hall–Kier alpha value is -0.670. The lowest BCUT2D eigenvalue weighted by atomic mass is 9.73. The summed E-state index contributed by atoms with van der Waals surface area (Å²) in [6.45, 7) is 2.32. The van der Waals surface area contributed by atoms with Gasteiger partial charge < -0.3 is 0 Å². The molecule has 2 aromatic carbocycles. The smallest absolute Gasteiger partial charge is 0.136 e. The van der Waals surface area contributed by atoms with Crippen LogP contribution in [0.3, 0.4) is 0 Å². The van der Waals surface area contributed by atoms with Gasteiger partial charge in [-0.25, -0.2) is 4.39 Å². The second-order valence-corrected chi connectivity index (χ2v) is 12.0. The van der Waals surface area contributed by atoms with Crippen molar-refractivity contribution in [2.45, 2.75) is 62.4 Å². The number of fused-ring (bicyclic) bond motifs is 3. The van der Waals surface area contributed by atoms with E-state index in [1.54, 1.807) is 0 Å². The third kappa shape index (κ3) is 3.12. The normalized spacial score (nSPS) is 29.3. The summed E-state index contributed by atoms with van der Waals surface area (Å²) in [4.78, 5) is 0. The Bertz CT molecular complexity index is 847. The van der Waals surface area contributed by atoms with Gasteiger partial charge in [0.05, 0.1) is 4.08 Å². The minimum absolute atomic E-state index is 0.0377. The molecule has 0 nitrogen and oxygen atoms in total. The predicted octanol–water partition coefficient (Wildman–Crippen LogP) is 7.78. The highest BCUT2D eigenvalue weighted by Crippen LogP contribution is 2.64. The molecule has 1 heterocycles. The molecule has 150 valence electrons. The number of thioether (sulfide) groups is 2. The van der Waals surface area contributed by atoms with Crippen LogP contribution in [-0.4, -0.2) is 11.5 Å². The van der Waals surface area contributed by atoms with Crippen molar-refractivity contribution in [3.63, 3.8) is 0 Å². The molecule has 5 rings (SSSR count). The molecule has 28 heavy (non-hydrogen) atoms. The Labute approximate surface area is 177 Å². The van der Waals surface area contributed by atoms with Gasteiger partial charge in [0, 0.05) is 10.9 Å². The van der Waals surface area contributed by atoms with Crippen LogP contribution in [0.5, 0.6) is 0 Å². The van der Waals surface area contributed by atoms with E-state index in [0.29, 0.717) is 5.92 Å². The molecule has 3 heteroatoms. The maximum absolute atomic E-state index is 15.9. The van der Waals surface area contributed by atoms with Gasteiger partial charge in [0.2, 0.25) is 0 Å². The van der Waals surface area contributed by atoms with Gasteiger partial charge in [-0.05, 0) is 65.9 Å². The first-order chi connectivity index (χ1) is 13.7. The van der Waals surface area contributed by atoms with Gasteiger partial charge in [0.1, 0.15) is 5.82 Å². The van der Waals surface area contributed by atoms with Crippen LogP contribution in [0.1, 0.15) is 63.0 Å². The second-order valence-electron chi connectivity index (χ2n) is 9.04. The number of hydrogen-bond acceptors (Lipinski definition) is 2. The van der Waals surface area contributed by atoms with Gasteiger partial charge in [0.25, 0.3) is 0 Å². The molecule has 1 saturated carbocycles. The van der Waals surface area contributed by atoms with Crippen molar-refractivity contribution in [3.05, 3.63) is 47.3 Å². The third-order valence-corrected chi connectivity index (χ3v) is 11.0. The van der Waals surface area contributed by atoms with E-state index in [0.717, 1.165) is 34.6 Å². The molecule has 0 amide bonds. The van der Waals surface area contributed by atoms with Crippen LogP contribution >= 0.6 is 23.5 Å². The van der Waals surface area contributed by atoms with E-state index in [-0.39, 0.29) is 9.90 Å². The topological polar surface area (TPSA) is 0 Å². The zero-order chi connectivity index (χ0) is 19.1. The van der Waals surface area contributed by atoms with Crippen LogP contribution in [0.15, 0.2) is 30.3 Å². The Morgan fingerprint density at radius 3 is 2.57 bits per heavy atom. The van der Waals surface area contributed by atoms with E-state index in [1.165, 1.54) is 62.0 Å². The van der Waals surface area contributed by atoms with Crippen LogP contribution in [0.25, 0.3) is 10.8 Å². The molecule has 1 atom stereocenters. The Kier molecular flexibility index (Phi) is 5.43. The summed E-state index contributed by atoms with van der Waals surface area (Å²) >= 11 is 4.15. The Balaban J connectivity index is 1.54. The first-order valence-electron chi connectivity index (χ1n) is 11.2. The number of hydrogen-bond donors (Lipinski definition) is 0. The standard InChI is InChI=1S/C25H31FS2/c1-2-6-17-9-11-18(12-10-17)22-16-20-15-19-7-3-4-8-21(19)24(26)23(20)25(22)27-13-5-14-28-25/h3-4,7-8,15,17-18,22H,2,5-6,9-14,16H2,1H3. The van der Waals surface area contributed by atoms with Crippen molar-refractivity contribution in [3.8, 4) is 0 Å². The largest absolute Gasteiger partial charge is 0.206 e. The van der Waals surface area contributed by atoms with Gasteiger partial charge in [-0.15, -0.1) is 23.5 Å². The minimum atomic E-state index is -0.0377. The van der Waals surface area contributed by atoms with Crippen molar-refractivity contribution in [2.75, 3.05) is 11.5 Å². The lowest BCUT2D eigenvalue weighted by Gasteiger charge is -2.44. The Morgan fingerprint density at radius 2 is 1.82 bits per heavy atom. The van der Waals surface area contributed by atoms with Crippen LogP contribution in [0, 0.1) is 23.6 Å². The highest BCUT2D eigenvalue weighted by Gasteiger charge is 2.53. The highest BCUT2D eigenvalue weighted by atomic mass is 32.2. The summed E-state index contributed by atoms with van der Waals surface area (Å²) in [7, 11) is 0. The average Bonchev–Trinajstić information content (AvgIpc) is 3.03.